The third-order valence-electron chi connectivity index (χ3n) is 8.24. The molecule has 2 aliphatic rings. The van der Waals surface area contributed by atoms with Gasteiger partial charge in [-0.05, 0) is 89.2 Å². The van der Waals surface area contributed by atoms with E-state index < -0.39 is 0 Å². The summed E-state index contributed by atoms with van der Waals surface area (Å²) in [6.45, 7) is 21.6. The van der Waals surface area contributed by atoms with Crippen LogP contribution < -0.4 is 0 Å². The molecule has 0 amide bonds. The van der Waals surface area contributed by atoms with Crippen molar-refractivity contribution in [2.24, 2.45) is 10.8 Å². The van der Waals surface area contributed by atoms with Gasteiger partial charge in [0.2, 0.25) is 0 Å². The molecule has 42 heavy (non-hydrogen) atoms. The summed E-state index contributed by atoms with van der Waals surface area (Å²) in [5.74, 6) is 0. The van der Waals surface area contributed by atoms with Gasteiger partial charge in [-0.1, -0.05) is 146 Å². The third-order valence-corrected chi connectivity index (χ3v) is 8.24. The molecular weight excluding hydrogens is 512 g/mol. The van der Waals surface area contributed by atoms with Crippen LogP contribution in [0.2, 0.25) is 0 Å². The lowest BCUT2D eigenvalue weighted by atomic mass is 9.71. The van der Waals surface area contributed by atoms with Gasteiger partial charge in [0.25, 0.3) is 0 Å². The fourth-order valence-electron chi connectivity index (χ4n) is 6.13. The van der Waals surface area contributed by atoms with Crippen molar-refractivity contribution in [3.05, 3.63) is 130 Å². The maximum absolute atomic E-state index is 10.1. The van der Waals surface area contributed by atoms with Crippen LogP contribution in [-0.4, -0.2) is 22.4 Å². The highest BCUT2D eigenvalue weighted by molar-refractivity contribution is 5.39. The van der Waals surface area contributed by atoms with Crippen LogP contribution in [0.15, 0.2) is 130 Å². The molecule has 2 nitrogen and oxygen atoms in total. The van der Waals surface area contributed by atoms with Gasteiger partial charge in [0.15, 0.2) is 0 Å². The van der Waals surface area contributed by atoms with Crippen LogP contribution in [-0.2, 0) is 0 Å². The highest BCUT2D eigenvalue weighted by Gasteiger charge is 2.32. The van der Waals surface area contributed by atoms with Crippen molar-refractivity contribution in [2.45, 2.75) is 107 Å². The van der Waals surface area contributed by atoms with Crippen molar-refractivity contribution in [3.8, 4) is 0 Å². The molecule has 0 aromatic heterocycles. The van der Waals surface area contributed by atoms with Gasteiger partial charge in [-0.3, -0.25) is 0 Å². The summed E-state index contributed by atoms with van der Waals surface area (Å²) in [5, 5.41) is 20.2. The zero-order chi connectivity index (χ0) is 31.5. The largest absolute Gasteiger partial charge is 0.393 e. The van der Waals surface area contributed by atoms with Crippen LogP contribution in [0, 0.1) is 10.8 Å². The second kappa shape index (κ2) is 16.1. The van der Waals surface area contributed by atoms with E-state index in [0.29, 0.717) is 0 Å². The van der Waals surface area contributed by atoms with Crippen molar-refractivity contribution in [3.63, 3.8) is 0 Å². The Bertz CT molecular complexity index is 1190. The lowest BCUT2D eigenvalue weighted by Crippen LogP contribution is -2.28. The van der Waals surface area contributed by atoms with Crippen LogP contribution in [0.3, 0.4) is 0 Å². The molecule has 0 saturated heterocycles. The molecule has 0 bridgehead atoms. The minimum atomic E-state index is -0.227. The van der Waals surface area contributed by atoms with E-state index in [9.17, 15) is 10.2 Å². The molecule has 0 fully saturated rings. The second-order valence-electron chi connectivity index (χ2n) is 13.7. The van der Waals surface area contributed by atoms with E-state index in [2.05, 4.69) is 154 Å². The lowest BCUT2D eigenvalue weighted by molar-refractivity contribution is 0.116. The molecule has 2 rings (SSSR count). The molecule has 2 heteroatoms. The van der Waals surface area contributed by atoms with Crippen molar-refractivity contribution in [1.29, 1.82) is 0 Å². The number of aliphatic hydroxyl groups is 2. The van der Waals surface area contributed by atoms with Crippen LogP contribution in [0.25, 0.3) is 0 Å². The maximum atomic E-state index is 10.1. The van der Waals surface area contributed by atoms with E-state index in [0.717, 1.165) is 25.7 Å². The molecule has 2 N–H and O–H groups in total. The van der Waals surface area contributed by atoms with E-state index in [4.69, 9.17) is 0 Å². The Labute approximate surface area is 257 Å². The molecule has 228 valence electrons. The SMILES string of the molecule is CC1=C(\C=C/C(C)=C\C=C\C(C)=C\C=C\C=C(C)\C=C/C=C(C)\C=C\C2=C(C)C[C@@H](O)CC2(C)C)C(C)(C)C[C@H](O)C1. The minimum Gasteiger partial charge on any atom is -0.393 e. The summed E-state index contributed by atoms with van der Waals surface area (Å²) < 4.78 is 0. The van der Waals surface area contributed by atoms with Crippen LogP contribution in [0.5, 0.6) is 0 Å². The molecule has 0 unspecified atom stereocenters. The van der Waals surface area contributed by atoms with Gasteiger partial charge in [0.05, 0.1) is 12.2 Å². The summed E-state index contributed by atoms with van der Waals surface area (Å²) in [6, 6.07) is 0. The zero-order valence-electron chi connectivity index (χ0n) is 28.0. The quantitative estimate of drug-likeness (QED) is 0.257. The summed E-state index contributed by atoms with van der Waals surface area (Å²) in [4.78, 5) is 0. The van der Waals surface area contributed by atoms with Gasteiger partial charge in [-0.2, -0.15) is 0 Å². The summed E-state index contributed by atoms with van der Waals surface area (Å²) in [7, 11) is 0. The van der Waals surface area contributed by atoms with Gasteiger partial charge in [0.1, 0.15) is 0 Å². The number of aliphatic hydroxyl groups excluding tert-OH is 2. The Balaban J connectivity index is 1.90. The predicted molar refractivity (Wildman–Crippen MR) is 184 cm³/mol. The maximum Gasteiger partial charge on any atom is 0.0585 e. The number of allylic oxidation sites excluding steroid dienone is 20. The van der Waals surface area contributed by atoms with E-state index in [-0.39, 0.29) is 23.0 Å². The third kappa shape index (κ3) is 11.7. The molecule has 0 aromatic rings. The molecule has 0 saturated carbocycles. The normalized spacial score (nSPS) is 25.0. The first-order chi connectivity index (χ1) is 19.6. The summed E-state index contributed by atoms with van der Waals surface area (Å²) in [5.41, 5.74) is 10.1. The molecule has 0 spiro atoms. The van der Waals surface area contributed by atoms with Gasteiger partial charge in [-0.25, -0.2) is 0 Å². The molecule has 2 aliphatic carbocycles. The Kier molecular flexibility index (Phi) is 13.5. The molecule has 2 atom stereocenters. The van der Waals surface area contributed by atoms with Crippen LogP contribution in [0.4, 0.5) is 0 Å². The van der Waals surface area contributed by atoms with Crippen molar-refractivity contribution in [1.82, 2.24) is 0 Å². The minimum absolute atomic E-state index is 0.00547. The van der Waals surface area contributed by atoms with Crippen molar-refractivity contribution < 1.29 is 10.2 Å². The van der Waals surface area contributed by atoms with Gasteiger partial charge < -0.3 is 10.2 Å². The topological polar surface area (TPSA) is 40.5 Å². The highest BCUT2D eigenvalue weighted by atomic mass is 16.3. The average molecular weight is 569 g/mol. The molecule has 0 aromatic carbocycles. The van der Waals surface area contributed by atoms with E-state index in [1.165, 1.54) is 44.6 Å². The standard InChI is InChI=1S/C40H56O2/c1-29(17-13-19-31(3)21-23-37-33(5)25-35(41)27-39(37,7)8)15-11-12-16-30(2)18-14-20-32(4)22-24-38-34(6)26-36(42)28-40(38,9)10/h11-24,35-36,41-42H,25-28H2,1-10H3/b12-11+,17-13-,18-14+,23-21+,24-22-,29-15+,30-16+,31-19-,32-20-/t35-,36-/m1/s1. The second-order valence-corrected chi connectivity index (χ2v) is 13.7. The first kappa shape index (κ1) is 35.3. The van der Waals surface area contributed by atoms with E-state index in [1.807, 2.05) is 0 Å². The zero-order valence-corrected chi connectivity index (χ0v) is 28.0. The molecule has 0 aliphatic heterocycles. The van der Waals surface area contributed by atoms with E-state index in [1.54, 1.807) is 0 Å². The Morgan fingerprint density at radius 2 is 0.857 bits per heavy atom. The lowest BCUT2D eigenvalue weighted by Gasteiger charge is -2.35. The van der Waals surface area contributed by atoms with Crippen molar-refractivity contribution >= 4 is 0 Å². The smallest absolute Gasteiger partial charge is 0.0585 e. The molecule has 0 radical (unpaired) electrons. The number of rotatable bonds is 10. The highest BCUT2D eigenvalue weighted by Crippen LogP contribution is 2.42. The molecule has 0 heterocycles. The first-order valence-electron chi connectivity index (χ1n) is 15.5. The van der Waals surface area contributed by atoms with Crippen molar-refractivity contribution in [2.75, 3.05) is 0 Å². The molecular formula is C40H56O2. The summed E-state index contributed by atoms with van der Waals surface area (Å²) >= 11 is 0. The summed E-state index contributed by atoms with van der Waals surface area (Å²) in [6.07, 6.45) is 32.6. The number of hydrogen-bond donors (Lipinski definition) is 2. The van der Waals surface area contributed by atoms with Gasteiger partial charge in [-0.15, -0.1) is 0 Å². The van der Waals surface area contributed by atoms with Gasteiger partial charge in [0, 0.05) is 0 Å². The van der Waals surface area contributed by atoms with Crippen LogP contribution in [0.1, 0.15) is 94.9 Å². The fourth-order valence-corrected chi connectivity index (χ4v) is 6.13. The van der Waals surface area contributed by atoms with E-state index >= 15 is 0 Å². The Hall–Kier alpha value is -2.94. The number of hydrogen-bond acceptors (Lipinski definition) is 2. The predicted octanol–water partition coefficient (Wildman–Crippen LogP) is 10.5. The fraction of sp³-hybridized carbons (Fsp3) is 0.450. The van der Waals surface area contributed by atoms with Crippen LogP contribution >= 0.6 is 0 Å². The Morgan fingerprint density at radius 3 is 1.19 bits per heavy atom. The van der Waals surface area contributed by atoms with Gasteiger partial charge >= 0.3 is 0 Å². The average Bonchev–Trinajstić information content (AvgIpc) is 2.84. The Morgan fingerprint density at radius 1 is 0.548 bits per heavy atom. The monoisotopic (exact) mass is 568 g/mol. The first-order valence-corrected chi connectivity index (χ1v) is 15.5.